The summed E-state index contributed by atoms with van der Waals surface area (Å²) in [4.78, 5) is 24.7. The van der Waals surface area contributed by atoms with Crippen LogP contribution in [0.15, 0.2) is 40.8 Å². The van der Waals surface area contributed by atoms with Gasteiger partial charge in [0.25, 0.3) is 5.91 Å². The Bertz CT molecular complexity index is 813. The van der Waals surface area contributed by atoms with Crippen LogP contribution in [-0.4, -0.2) is 40.8 Å². The Balaban J connectivity index is 2.28. The van der Waals surface area contributed by atoms with Crippen LogP contribution >= 0.6 is 0 Å². The second-order valence-electron chi connectivity index (χ2n) is 5.94. The smallest absolute Gasteiger partial charge is 0.481 e. The summed E-state index contributed by atoms with van der Waals surface area (Å²) in [7, 11) is 0. The van der Waals surface area contributed by atoms with Crippen molar-refractivity contribution in [2.45, 2.75) is 32.7 Å². The molecule has 0 aliphatic carbocycles. The topological polar surface area (TPSA) is 80.0 Å². The first-order chi connectivity index (χ1) is 12.6. The van der Waals surface area contributed by atoms with Crippen LogP contribution in [0.3, 0.4) is 0 Å². The van der Waals surface area contributed by atoms with Crippen molar-refractivity contribution in [2.24, 2.45) is 0 Å². The molecule has 9 heteroatoms. The van der Waals surface area contributed by atoms with E-state index in [1.807, 2.05) is 0 Å². The Morgan fingerprint density at radius 3 is 2.44 bits per heavy atom. The van der Waals surface area contributed by atoms with Crippen LogP contribution in [-0.2, 0) is 4.79 Å². The first kappa shape index (κ1) is 20.3. The average Bonchev–Trinajstić information content (AvgIpc) is 3.03. The predicted octanol–water partition coefficient (Wildman–Crippen LogP) is 4.17. The van der Waals surface area contributed by atoms with Crippen molar-refractivity contribution in [3.05, 3.63) is 42.2 Å². The molecule has 0 aliphatic heterocycles. The third kappa shape index (κ3) is 5.50. The van der Waals surface area contributed by atoms with Crippen molar-refractivity contribution in [3.63, 3.8) is 0 Å². The standard InChI is InChI=1S/C18H18F3NO5/c1-11(2)22(10-9-16(23)24)17(25)15-8-7-13(26-15)12-5-3-4-6-14(12)27-18(19,20)21/h3-8,11H,9-10H2,1-2H3,(H,23,24). The number of aliphatic carboxylic acids is 1. The first-order valence-electron chi connectivity index (χ1n) is 8.06. The average molecular weight is 385 g/mol. The van der Waals surface area contributed by atoms with E-state index in [9.17, 15) is 22.8 Å². The lowest BCUT2D eigenvalue weighted by Gasteiger charge is -2.25. The first-order valence-corrected chi connectivity index (χ1v) is 8.06. The molecule has 27 heavy (non-hydrogen) atoms. The number of hydrogen-bond acceptors (Lipinski definition) is 4. The van der Waals surface area contributed by atoms with Crippen molar-refractivity contribution in [3.8, 4) is 17.1 Å². The third-order valence-electron chi connectivity index (χ3n) is 3.65. The minimum atomic E-state index is -4.87. The molecule has 2 rings (SSSR count). The highest BCUT2D eigenvalue weighted by molar-refractivity contribution is 5.92. The Morgan fingerprint density at radius 2 is 1.85 bits per heavy atom. The molecule has 6 nitrogen and oxygen atoms in total. The van der Waals surface area contributed by atoms with Gasteiger partial charge >= 0.3 is 12.3 Å². The van der Waals surface area contributed by atoms with Gasteiger partial charge in [-0.25, -0.2) is 0 Å². The highest BCUT2D eigenvalue weighted by Gasteiger charge is 2.32. The van der Waals surface area contributed by atoms with Gasteiger partial charge in [-0.1, -0.05) is 12.1 Å². The molecular formula is C18H18F3NO5. The second kappa shape index (κ2) is 8.15. The quantitative estimate of drug-likeness (QED) is 0.774. The van der Waals surface area contributed by atoms with Crippen LogP contribution < -0.4 is 4.74 Å². The van der Waals surface area contributed by atoms with Crippen LogP contribution in [0.2, 0.25) is 0 Å². The fraction of sp³-hybridized carbons (Fsp3) is 0.333. The molecule has 1 amide bonds. The Kier molecular flexibility index (Phi) is 6.14. The van der Waals surface area contributed by atoms with Crippen LogP contribution in [0.4, 0.5) is 13.2 Å². The number of ether oxygens (including phenoxy) is 1. The predicted molar refractivity (Wildman–Crippen MR) is 89.3 cm³/mol. The zero-order chi connectivity index (χ0) is 20.2. The maximum atomic E-state index is 12.6. The van der Waals surface area contributed by atoms with Gasteiger partial charge in [-0.2, -0.15) is 0 Å². The summed E-state index contributed by atoms with van der Waals surface area (Å²) >= 11 is 0. The normalized spacial score (nSPS) is 11.5. The van der Waals surface area contributed by atoms with Crippen LogP contribution in [0, 0.1) is 0 Å². The molecule has 0 saturated carbocycles. The van der Waals surface area contributed by atoms with E-state index in [4.69, 9.17) is 9.52 Å². The van der Waals surface area contributed by atoms with Gasteiger partial charge in [0.05, 0.1) is 12.0 Å². The Labute approximate surface area is 153 Å². The van der Waals surface area contributed by atoms with E-state index in [2.05, 4.69) is 4.74 Å². The van der Waals surface area contributed by atoms with E-state index in [-0.39, 0.29) is 36.1 Å². The highest BCUT2D eigenvalue weighted by Crippen LogP contribution is 2.34. The van der Waals surface area contributed by atoms with Gasteiger partial charge < -0.3 is 19.2 Å². The lowest BCUT2D eigenvalue weighted by atomic mass is 10.1. The van der Waals surface area contributed by atoms with E-state index in [1.54, 1.807) is 13.8 Å². The number of carbonyl (C=O) groups is 2. The zero-order valence-corrected chi connectivity index (χ0v) is 14.6. The summed E-state index contributed by atoms with van der Waals surface area (Å²) in [5.74, 6) is -2.13. The fourth-order valence-electron chi connectivity index (χ4n) is 2.43. The summed E-state index contributed by atoms with van der Waals surface area (Å²) in [6, 6.07) is 7.81. The SMILES string of the molecule is CC(C)N(CCC(=O)O)C(=O)c1ccc(-c2ccccc2OC(F)(F)F)o1. The number of hydrogen-bond donors (Lipinski definition) is 1. The van der Waals surface area contributed by atoms with Gasteiger partial charge in [-0.3, -0.25) is 9.59 Å². The summed E-state index contributed by atoms with van der Waals surface area (Å²) < 4.78 is 47.1. The number of furan rings is 1. The van der Waals surface area contributed by atoms with E-state index in [0.29, 0.717) is 0 Å². The second-order valence-corrected chi connectivity index (χ2v) is 5.94. The van der Waals surface area contributed by atoms with E-state index >= 15 is 0 Å². The number of amides is 1. The molecule has 1 aromatic carbocycles. The number of para-hydroxylation sites is 1. The number of carboxylic acid groups (broad SMARTS) is 1. The van der Waals surface area contributed by atoms with Crippen molar-refractivity contribution in [2.75, 3.05) is 6.54 Å². The molecule has 1 aromatic heterocycles. The lowest BCUT2D eigenvalue weighted by Crippen LogP contribution is -2.38. The number of benzene rings is 1. The van der Waals surface area contributed by atoms with Crippen molar-refractivity contribution < 1.29 is 37.0 Å². The number of carbonyl (C=O) groups excluding carboxylic acids is 1. The van der Waals surface area contributed by atoms with E-state index in [1.165, 1.54) is 35.2 Å². The molecule has 0 fully saturated rings. The van der Waals surface area contributed by atoms with Crippen molar-refractivity contribution in [1.29, 1.82) is 0 Å². The molecule has 0 radical (unpaired) electrons. The molecular weight excluding hydrogens is 367 g/mol. The summed E-state index contributed by atoms with van der Waals surface area (Å²) in [6.45, 7) is 3.42. The zero-order valence-electron chi connectivity index (χ0n) is 14.6. The molecule has 146 valence electrons. The molecule has 0 unspecified atom stereocenters. The minimum absolute atomic E-state index is 0.0182. The largest absolute Gasteiger partial charge is 0.573 e. The van der Waals surface area contributed by atoms with Crippen LogP contribution in [0.1, 0.15) is 30.8 Å². The summed E-state index contributed by atoms with van der Waals surface area (Å²) in [5.41, 5.74) is 0.0375. The van der Waals surface area contributed by atoms with Crippen LogP contribution in [0.5, 0.6) is 5.75 Å². The summed E-state index contributed by atoms with van der Waals surface area (Å²) in [5, 5.41) is 8.81. The lowest BCUT2D eigenvalue weighted by molar-refractivity contribution is -0.274. The van der Waals surface area contributed by atoms with E-state index < -0.39 is 24.0 Å². The maximum absolute atomic E-state index is 12.6. The number of nitrogens with zero attached hydrogens (tertiary/aromatic N) is 1. The van der Waals surface area contributed by atoms with Gasteiger partial charge in [0, 0.05) is 12.6 Å². The Morgan fingerprint density at radius 1 is 1.19 bits per heavy atom. The molecule has 0 atom stereocenters. The van der Waals surface area contributed by atoms with Gasteiger partial charge in [0.15, 0.2) is 5.76 Å². The Hall–Kier alpha value is -2.97. The van der Waals surface area contributed by atoms with Crippen LogP contribution in [0.25, 0.3) is 11.3 Å². The molecule has 0 aliphatic rings. The molecule has 0 bridgehead atoms. The highest BCUT2D eigenvalue weighted by atomic mass is 19.4. The molecule has 2 aromatic rings. The molecule has 1 N–H and O–H groups in total. The fourth-order valence-corrected chi connectivity index (χ4v) is 2.43. The van der Waals surface area contributed by atoms with Gasteiger partial charge in [0.1, 0.15) is 11.5 Å². The minimum Gasteiger partial charge on any atom is -0.481 e. The van der Waals surface area contributed by atoms with E-state index in [0.717, 1.165) is 6.07 Å². The molecule has 0 saturated heterocycles. The number of carboxylic acids is 1. The maximum Gasteiger partial charge on any atom is 0.573 e. The molecule has 0 spiro atoms. The van der Waals surface area contributed by atoms with Crippen molar-refractivity contribution >= 4 is 11.9 Å². The summed E-state index contributed by atoms with van der Waals surface area (Å²) in [6.07, 6.45) is -5.10. The van der Waals surface area contributed by atoms with Gasteiger partial charge in [0.2, 0.25) is 0 Å². The monoisotopic (exact) mass is 385 g/mol. The third-order valence-corrected chi connectivity index (χ3v) is 3.65. The van der Waals surface area contributed by atoms with Gasteiger partial charge in [-0.15, -0.1) is 13.2 Å². The van der Waals surface area contributed by atoms with Crippen molar-refractivity contribution in [1.82, 2.24) is 4.90 Å². The van der Waals surface area contributed by atoms with Gasteiger partial charge in [-0.05, 0) is 38.1 Å². The number of rotatable bonds is 7. The number of alkyl halides is 3. The number of halogens is 3. The molecule has 1 heterocycles.